The maximum Gasteiger partial charge on any atom is 0.326 e. The minimum atomic E-state index is -1.02. The molecule has 0 aliphatic carbocycles. The second-order valence-electron chi connectivity index (χ2n) is 3.84. The molecule has 0 aromatic heterocycles. The Balaban J connectivity index is 3.05. The van der Waals surface area contributed by atoms with E-state index in [0.717, 1.165) is 10.0 Å². The Morgan fingerprint density at radius 2 is 2.00 bits per heavy atom. The molecule has 0 bridgehead atoms. The standard InChI is InChI=1S/C12H14BrNO3/c1-7-9(5-4-6-10(7)13)11(15)14(3)8(2)12(16)17/h4-6,8H,1-3H3,(H,16,17). The van der Waals surface area contributed by atoms with Crippen molar-refractivity contribution in [3.05, 3.63) is 33.8 Å². The Kier molecular flexibility index (Phi) is 4.28. The number of carbonyl (C=O) groups is 2. The zero-order valence-corrected chi connectivity index (χ0v) is 11.5. The number of benzene rings is 1. The molecule has 0 fully saturated rings. The average molecular weight is 300 g/mol. The van der Waals surface area contributed by atoms with Crippen molar-refractivity contribution in [1.29, 1.82) is 0 Å². The number of nitrogens with zero attached hydrogens (tertiary/aromatic N) is 1. The fourth-order valence-electron chi connectivity index (χ4n) is 1.37. The third-order valence-electron chi connectivity index (χ3n) is 2.76. The number of hydrogen-bond donors (Lipinski definition) is 1. The molecule has 92 valence electrons. The first-order valence-corrected chi connectivity index (χ1v) is 5.90. The summed E-state index contributed by atoms with van der Waals surface area (Å²) in [7, 11) is 1.49. The highest BCUT2D eigenvalue weighted by molar-refractivity contribution is 9.10. The van der Waals surface area contributed by atoms with Crippen molar-refractivity contribution in [3.8, 4) is 0 Å². The predicted molar refractivity (Wildman–Crippen MR) is 68.1 cm³/mol. The van der Waals surface area contributed by atoms with E-state index in [2.05, 4.69) is 15.9 Å². The molecular weight excluding hydrogens is 286 g/mol. The molecule has 4 nitrogen and oxygen atoms in total. The highest BCUT2D eigenvalue weighted by Crippen LogP contribution is 2.20. The van der Waals surface area contributed by atoms with Gasteiger partial charge in [0.1, 0.15) is 6.04 Å². The topological polar surface area (TPSA) is 57.6 Å². The van der Waals surface area contributed by atoms with Crippen LogP contribution in [0.2, 0.25) is 0 Å². The summed E-state index contributed by atoms with van der Waals surface area (Å²) in [5.74, 6) is -1.31. The van der Waals surface area contributed by atoms with Gasteiger partial charge in [0.15, 0.2) is 0 Å². The van der Waals surface area contributed by atoms with E-state index in [4.69, 9.17) is 5.11 Å². The number of amides is 1. The van der Waals surface area contributed by atoms with Gasteiger partial charge in [0.05, 0.1) is 0 Å². The smallest absolute Gasteiger partial charge is 0.326 e. The van der Waals surface area contributed by atoms with Crippen LogP contribution in [0.5, 0.6) is 0 Å². The van der Waals surface area contributed by atoms with Gasteiger partial charge in [-0.15, -0.1) is 0 Å². The summed E-state index contributed by atoms with van der Waals surface area (Å²) in [6.07, 6.45) is 0. The second kappa shape index (κ2) is 5.31. The Bertz CT molecular complexity index is 459. The molecule has 0 spiro atoms. The van der Waals surface area contributed by atoms with Crippen LogP contribution in [0.4, 0.5) is 0 Å². The Hall–Kier alpha value is -1.36. The first-order valence-electron chi connectivity index (χ1n) is 5.11. The van der Waals surface area contributed by atoms with E-state index >= 15 is 0 Å². The third kappa shape index (κ3) is 2.85. The van der Waals surface area contributed by atoms with E-state index in [1.807, 2.05) is 13.0 Å². The second-order valence-corrected chi connectivity index (χ2v) is 4.70. The van der Waals surface area contributed by atoms with Gasteiger partial charge in [0.25, 0.3) is 5.91 Å². The Morgan fingerprint density at radius 3 is 2.53 bits per heavy atom. The fraction of sp³-hybridized carbons (Fsp3) is 0.333. The molecule has 1 amide bonds. The van der Waals surface area contributed by atoms with E-state index < -0.39 is 12.0 Å². The van der Waals surface area contributed by atoms with Crippen LogP contribution in [0.15, 0.2) is 22.7 Å². The molecule has 1 rings (SSSR count). The van der Waals surface area contributed by atoms with Crippen LogP contribution < -0.4 is 0 Å². The van der Waals surface area contributed by atoms with Crippen molar-refractivity contribution in [1.82, 2.24) is 4.90 Å². The normalized spacial score (nSPS) is 12.0. The molecule has 1 aromatic rings. The van der Waals surface area contributed by atoms with Crippen LogP contribution in [0.3, 0.4) is 0 Å². The number of halogens is 1. The van der Waals surface area contributed by atoms with Gasteiger partial charge in [0.2, 0.25) is 0 Å². The monoisotopic (exact) mass is 299 g/mol. The summed E-state index contributed by atoms with van der Waals surface area (Å²) in [4.78, 5) is 24.1. The van der Waals surface area contributed by atoms with Gasteiger partial charge in [0, 0.05) is 17.1 Å². The van der Waals surface area contributed by atoms with E-state index in [0.29, 0.717) is 5.56 Å². The molecule has 17 heavy (non-hydrogen) atoms. The summed E-state index contributed by atoms with van der Waals surface area (Å²) < 4.78 is 0.833. The lowest BCUT2D eigenvalue weighted by molar-refractivity contribution is -0.141. The first kappa shape index (κ1) is 13.7. The van der Waals surface area contributed by atoms with Gasteiger partial charge < -0.3 is 10.0 Å². The molecule has 1 aromatic carbocycles. The van der Waals surface area contributed by atoms with Crippen molar-refractivity contribution in [2.45, 2.75) is 19.9 Å². The first-order chi connectivity index (χ1) is 7.86. The summed E-state index contributed by atoms with van der Waals surface area (Å²) in [6.45, 7) is 3.30. The summed E-state index contributed by atoms with van der Waals surface area (Å²) in [5.41, 5.74) is 1.32. The lowest BCUT2D eigenvalue weighted by Crippen LogP contribution is -2.40. The largest absolute Gasteiger partial charge is 0.480 e. The molecule has 0 aliphatic rings. The lowest BCUT2D eigenvalue weighted by Gasteiger charge is -2.22. The number of aliphatic carboxylic acids is 1. The third-order valence-corrected chi connectivity index (χ3v) is 3.62. The Morgan fingerprint density at radius 1 is 1.41 bits per heavy atom. The molecule has 1 unspecified atom stereocenters. The molecule has 0 heterocycles. The van der Waals surface area contributed by atoms with Gasteiger partial charge in [-0.05, 0) is 31.5 Å². The molecule has 0 aliphatic heterocycles. The van der Waals surface area contributed by atoms with Crippen LogP contribution in [-0.4, -0.2) is 35.0 Å². The van der Waals surface area contributed by atoms with Crippen LogP contribution >= 0.6 is 15.9 Å². The van der Waals surface area contributed by atoms with E-state index in [1.165, 1.54) is 18.9 Å². The van der Waals surface area contributed by atoms with Crippen LogP contribution in [0.1, 0.15) is 22.8 Å². The van der Waals surface area contributed by atoms with E-state index in [1.54, 1.807) is 12.1 Å². The van der Waals surface area contributed by atoms with Gasteiger partial charge in [-0.3, -0.25) is 4.79 Å². The fourth-order valence-corrected chi connectivity index (χ4v) is 1.74. The zero-order chi connectivity index (χ0) is 13.2. The highest BCUT2D eigenvalue weighted by atomic mass is 79.9. The SMILES string of the molecule is Cc1c(Br)cccc1C(=O)N(C)C(C)C(=O)O. The minimum Gasteiger partial charge on any atom is -0.480 e. The predicted octanol–water partition coefficient (Wildman–Crippen LogP) is 2.30. The van der Waals surface area contributed by atoms with Crippen molar-refractivity contribution >= 4 is 27.8 Å². The average Bonchev–Trinajstić information content (AvgIpc) is 2.29. The van der Waals surface area contributed by atoms with Crippen LogP contribution in [0.25, 0.3) is 0 Å². The quantitative estimate of drug-likeness (QED) is 0.932. The molecule has 1 atom stereocenters. The zero-order valence-electron chi connectivity index (χ0n) is 9.90. The van der Waals surface area contributed by atoms with Crippen molar-refractivity contribution in [2.24, 2.45) is 0 Å². The van der Waals surface area contributed by atoms with Crippen LogP contribution in [-0.2, 0) is 4.79 Å². The summed E-state index contributed by atoms with van der Waals surface area (Å²) >= 11 is 3.34. The lowest BCUT2D eigenvalue weighted by atomic mass is 10.1. The maximum absolute atomic E-state index is 12.1. The van der Waals surface area contributed by atoms with Crippen molar-refractivity contribution < 1.29 is 14.7 Å². The number of hydrogen-bond acceptors (Lipinski definition) is 2. The van der Waals surface area contributed by atoms with Gasteiger partial charge in [-0.25, -0.2) is 4.79 Å². The molecule has 1 N–H and O–H groups in total. The maximum atomic E-state index is 12.1. The summed E-state index contributed by atoms with van der Waals surface area (Å²) in [5, 5.41) is 8.87. The van der Waals surface area contributed by atoms with E-state index in [9.17, 15) is 9.59 Å². The van der Waals surface area contributed by atoms with Gasteiger partial charge in [-0.1, -0.05) is 22.0 Å². The molecule has 0 radical (unpaired) electrons. The molecular formula is C12H14BrNO3. The van der Waals surface area contributed by atoms with Crippen molar-refractivity contribution in [3.63, 3.8) is 0 Å². The number of carboxylic acids is 1. The molecule has 0 saturated carbocycles. The molecule has 0 saturated heterocycles. The van der Waals surface area contributed by atoms with Gasteiger partial charge in [-0.2, -0.15) is 0 Å². The van der Waals surface area contributed by atoms with Crippen molar-refractivity contribution in [2.75, 3.05) is 7.05 Å². The van der Waals surface area contributed by atoms with Gasteiger partial charge >= 0.3 is 5.97 Å². The number of carboxylic acid groups (broad SMARTS) is 1. The minimum absolute atomic E-state index is 0.293. The highest BCUT2D eigenvalue weighted by Gasteiger charge is 2.23. The summed E-state index contributed by atoms with van der Waals surface area (Å²) in [6, 6.07) is 4.44. The number of carbonyl (C=O) groups excluding carboxylic acids is 1. The molecule has 5 heteroatoms. The Labute approximate surface area is 108 Å². The number of rotatable bonds is 3. The van der Waals surface area contributed by atoms with Crippen LogP contribution in [0, 0.1) is 6.92 Å². The van der Waals surface area contributed by atoms with E-state index in [-0.39, 0.29) is 5.91 Å². The number of likely N-dealkylation sites (N-methyl/N-ethyl adjacent to an activating group) is 1.